The van der Waals surface area contributed by atoms with Crippen LogP contribution in [0, 0.1) is 5.82 Å². The number of hydrogen-bond donors (Lipinski definition) is 1. The fraction of sp³-hybridized carbons (Fsp3) is 0. The lowest BCUT2D eigenvalue weighted by Crippen LogP contribution is -1.93. The third kappa shape index (κ3) is 1.80. The van der Waals surface area contributed by atoms with Crippen LogP contribution in [0.5, 0.6) is 0 Å². The Morgan fingerprint density at radius 3 is 2.56 bits per heavy atom. The minimum atomic E-state index is -0.519. The molecule has 3 heteroatoms. The van der Waals surface area contributed by atoms with Crippen LogP contribution in [0.4, 0.5) is 10.1 Å². The highest BCUT2D eigenvalue weighted by molar-refractivity contribution is 5.88. The van der Waals surface area contributed by atoms with Crippen molar-refractivity contribution in [1.29, 1.82) is 0 Å². The molecule has 0 unspecified atom stereocenters. The van der Waals surface area contributed by atoms with Crippen molar-refractivity contribution in [3.8, 4) is 11.1 Å². The number of aldehydes is 1. The average molecular weight is 215 g/mol. The number of carbonyl (C=O) groups is 1. The Morgan fingerprint density at radius 1 is 1.12 bits per heavy atom. The Morgan fingerprint density at radius 2 is 1.88 bits per heavy atom. The van der Waals surface area contributed by atoms with E-state index in [-0.39, 0.29) is 5.56 Å². The second-order valence-electron chi connectivity index (χ2n) is 3.44. The smallest absolute Gasteiger partial charge is 0.153 e. The number of nitrogens with two attached hydrogens (primary N) is 1. The molecule has 0 radical (unpaired) electrons. The third-order valence-corrected chi connectivity index (χ3v) is 2.37. The van der Waals surface area contributed by atoms with E-state index in [9.17, 15) is 9.18 Å². The summed E-state index contributed by atoms with van der Waals surface area (Å²) in [6.07, 6.45) is 0.522. The van der Waals surface area contributed by atoms with Crippen LogP contribution in [0.2, 0.25) is 0 Å². The van der Waals surface area contributed by atoms with E-state index in [1.165, 1.54) is 6.07 Å². The van der Waals surface area contributed by atoms with Crippen molar-refractivity contribution in [1.82, 2.24) is 0 Å². The molecule has 80 valence electrons. The van der Waals surface area contributed by atoms with Crippen molar-refractivity contribution in [3.05, 3.63) is 53.8 Å². The number of rotatable bonds is 2. The molecule has 16 heavy (non-hydrogen) atoms. The normalized spacial score (nSPS) is 10.1. The van der Waals surface area contributed by atoms with Crippen LogP contribution in [0.15, 0.2) is 42.5 Å². The van der Waals surface area contributed by atoms with E-state index in [0.717, 1.165) is 5.56 Å². The molecule has 2 aromatic rings. The van der Waals surface area contributed by atoms with Gasteiger partial charge in [0.1, 0.15) is 5.82 Å². The van der Waals surface area contributed by atoms with Crippen molar-refractivity contribution >= 4 is 12.0 Å². The molecule has 0 fully saturated rings. The van der Waals surface area contributed by atoms with E-state index in [1.54, 1.807) is 36.4 Å². The van der Waals surface area contributed by atoms with E-state index < -0.39 is 5.82 Å². The Labute approximate surface area is 92.5 Å². The highest BCUT2D eigenvalue weighted by Crippen LogP contribution is 2.25. The molecule has 2 aromatic carbocycles. The van der Waals surface area contributed by atoms with Gasteiger partial charge in [-0.3, -0.25) is 4.79 Å². The van der Waals surface area contributed by atoms with Gasteiger partial charge in [0, 0.05) is 5.69 Å². The van der Waals surface area contributed by atoms with E-state index >= 15 is 0 Å². The first kappa shape index (κ1) is 10.4. The quantitative estimate of drug-likeness (QED) is 0.618. The summed E-state index contributed by atoms with van der Waals surface area (Å²) in [5, 5.41) is 0. The zero-order valence-electron chi connectivity index (χ0n) is 8.48. The van der Waals surface area contributed by atoms with Crippen LogP contribution < -0.4 is 5.73 Å². The van der Waals surface area contributed by atoms with E-state index in [2.05, 4.69) is 0 Å². The molecule has 0 spiro atoms. The van der Waals surface area contributed by atoms with Gasteiger partial charge in [-0.25, -0.2) is 4.39 Å². The molecule has 0 saturated heterocycles. The summed E-state index contributed by atoms with van der Waals surface area (Å²) in [5.74, 6) is -0.519. The molecule has 0 atom stereocenters. The lowest BCUT2D eigenvalue weighted by Gasteiger charge is -2.06. The van der Waals surface area contributed by atoms with E-state index in [0.29, 0.717) is 17.5 Å². The molecule has 0 aromatic heterocycles. The van der Waals surface area contributed by atoms with Crippen LogP contribution in [0.25, 0.3) is 11.1 Å². The van der Waals surface area contributed by atoms with Crippen molar-refractivity contribution < 1.29 is 9.18 Å². The Hall–Kier alpha value is -2.16. The number of carbonyl (C=O) groups excluding carboxylic acids is 1. The van der Waals surface area contributed by atoms with E-state index in [1.807, 2.05) is 0 Å². The fourth-order valence-electron chi connectivity index (χ4n) is 1.61. The average Bonchev–Trinajstić information content (AvgIpc) is 2.28. The van der Waals surface area contributed by atoms with Gasteiger partial charge in [-0.1, -0.05) is 24.3 Å². The monoisotopic (exact) mass is 215 g/mol. The largest absolute Gasteiger partial charge is 0.399 e. The van der Waals surface area contributed by atoms with E-state index in [4.69, 9.17) is 5.73 Å². The third-order valence-electron chi connectivity index (χ3n) is 2.37. The summed E-state index contributed by atoms with van der Waals surface area (Å²) in [4.78, 5) is 10.8. The predicted molar refractivity (Wildman–Crippen MR) is 61.6 cm³/mol. The number of halogens is 1. The van der Waals surface area contributed by atoms with Gasteiger partial charge in [0.25, 0.3) is 0 Å². The molecule has 0 amide bonds. The molecule has 0 aliphatic heterocycles. The highest BCUT2D eigenvalue weighted by atomic mass is 19.1. The SMILES string of the molecule is Nc1cccc(-c2cccc(F)c2C=O)c1. The molecule has 0 saturated carbocycles. The maximum atomic E-state index is 13.4. The maximum absolute atomic E-state index is 13.4. The predicted octanol–water partition coefficient (Wildman–Crippen LogP) is 2.89. The molecular weight excluding hydrogens is 205 g/mol. The van der Waals surface area contributed by atoms with Gasteiger partial charge >= 0.3 is 0 Å². The van der Waals surface area contributed by atoms with Crippen molar-refractivity contribution in [2.75, 3.05) is 5.73 Å². The number of hydrogen-bond acceptors (Lipinski definition) is 2. The minimum absolute atomic E-state index is 0.0631. The molecule has 0 heterocycles. The molecule has 2 rings (SSSR count). The summed E-state index contributed by atoms with van der Waals surface area (Å²) in [5.41, 5.74) is 7.58. The summed E-state index contributed by atoms with van der Waals surface area (Å²) >= 11 is 0. The first-order chi connectivity index (χ1) is 7.72. The lowest BCUT2D eigenvalue weighted by atomic mass is 10.00. The summed E-state index contributed by atoms with van der Waals surface area (Å²) in [6.45, 7) is 0. The molecular formula is C13H10FNO. The highest BCUT2D eigenvalue weighted by Gasteiger charge is 2.08. The van der Waals surface area contributed by atoms with Crippen LogP contribution in [0.3, 0.4) is 0 Å². The van der Waals surface area contributed by atoms with Gasteiger partial charge in [-0.15, -0.1) is 0 Å². The van der Waals surface area contributed by atoms with Crippen molar-refractivity contribution in [2.24, 2.45) is 0 Å². The first-order valence-corrected chi connectivity index (χ1v) is 4.82. The second kappa shape index (κ2) is 4.14. The number of anilines is 1. The van der Waals surface area contributed by atoms with Gasteiger partial charge in [0.2, 0.25) is 0 Å². The maximum Gasteiger partial charge on any atom is 0.153 e. The minimum Gasteiger partial charge on any atom is -0.399 e. The summed E-state index contributed by atoms with van der Waals surface area (Å²) in [7, 11) is 0. The van der Waals surface area contributed by atoms with Gasteiger partial charge in [-0.2, -0.15) is 0 Å². The van der Waals surface area contributed by atoms with Crippen LogP contribution in [0.1, 0.15) is 10.4 Å². The van der Waals surface area contributed by atoms with Crippen molar-refractivity contribution in [3.63, 3.8) is 0 Å². The number of nitrogen functional groups attached to an aromatic ring is 1. The van der Waals surface area contributed by atoms with Crippen LogP contribution in [-0.2, 0) is 0 Å². The first-order valence-electron chi connectivity index (χ1n) is 4.82. The fourth-order valence-corrected chi connectivity index (χ4v) is 1.61. The summed E-state index contributed by atoms with van der Waals surface area (Å²) < 4.78 is 13.4. The van der Waals surface area contributed by atoms with Gasteiger partial charge in [-0.05, 0) is 29.3 Å². The van der Waals surface area contributed by atoms with Crippen LogP contribution >= 0.6 is 0 Å². The lowest BCUT2D eigenvalue weighted by molar-refractivity contribution is 0.112. The van der Waals surface area contributed by atoms with Crippen LogP contribution in [-0.4, -0.2) is 6.29 Å². The van der Waals surface area contributed by atoms with Gasteiger partial charge in [0.15, 0.2) is 6.29 Å². The molecule has 0 bridgehead atoms. The Balaban J connectivity index is 2.64. The Bertz CT molecular complexity index is 537. The molecule has 2 nitrogen and oxygen atoms in total. The molecule has 0 aliphatic rings. The van der Waals surface area contributed by atoms with Crippen molar-refractivity contribution in [2.45, 2.75) is 0 Å². The second-order valence-corrected chi connectivity index (χ2v) is 3.44. The Kier molecular flexibility index (Phi) is 2.68. The molecule has 0 aliphatic carbocycles. The van der Waals surface area contributed by atoms with Gasteiger partial charge in [0.05, 0.1) is 5.56 Å². The number of benzene rings is 2. The topological polar surface area (TPSA) is 43.1 Å². The summed E-state index contributed by atoms with van der Waals surface area (Å²) in [6, 6.07) is 11.5. The standard InChI is InChI=1S/C13H10FNO/c14-13-6-2-5-11(12(13)8-16)9-3-1-4-10(15)7-9/h1-8H,15H2. The zero-order valence-corrected chi connectivity index (χ0v) is 8.48. The molecule has 2 N–H and O–H groups in total. The zero-order chi connectivity index (χ0) is 11.5. The van der Waals surface area contributed by atoms with Gasteiger partial charge < -0.3 is 5.73 Å².